The lowest BCUT2D eigenvalue weighted by Gasteiger charge is -2.17. The van der Waals surface area contributed by atoms with Crippen LogP contribution in [0.2, 0.25) is 0 Å². The van der Waals surface area contributed by atoms with Crippen LogP contribution in [0.5, 0.6) is 28.7 Å². The Morgan fingerprint density at radius 3 is 2.42 bits per heavy atom. The van der Waals surface area contributed by atoms with E-state index in [1.54, 1.807) is 38.5 Å². The van der Waals surface area contributed by atoms with E-state index in [-0.39, 0.29) is 6.04 Å². The van der Waals surface area contributed by atoms with Crippen molar-refractivity contribution < 1.29 is 23.7 Å². The molecule has 1 fully saturated rings. The molecule has 0 aromatic heterocycles. The largest absolute Gasteiger partial charge is 0.497 e. The summed E-state index contributed by atoms with van der Waals surface area (Å²) in [6.45, 7) is 2.43. The lowest BCUT2D eigenvalue weighted by molar-refractivity contribution is 0.195. The molecule has 1 N–H and O–H groups in total. The first kappa shape index (κ1) is 22.5. The van der Waals surface area contributed by atoms with Gasteiger partial charge in [0.25, 0.3) is 0 Å². The van der Waals surface area contributed by atoms with Gasteiger partial charge in [0, 0.05) is 25.7 Å². The summed E-state index contributed by atoms with van der Waals surface area (Å²) < 4.78 is 21.9. The molecule has 1 aliphatic heterocycles. The Labute approximate surface area is 193 Å². The second kappa shape index (κ2) is 10.7. The number of para-hydroxylation sites is 2. The molecule has 1 unspecified atom stereocenters. The molecule has 172 valence electrons. The summed E-state index contributed by atoms with van der Waals surface area (Å²) in [5.74, 6) is 3.33. The monoisotopic (exact) mass is 448 g/mol. The Hall–Kier alpha value is -3.71. The van der Waals surface area contributed by atoms with Gasteiger partial charge in [0.1, 0.15) is 17.2 Å². The normalized spacial score (nSPS) is 15.6. The zero-order chi connectivity index (χ0) is 23.0. The summed E-state index contributed by atoms with van der Waals surface area (Å²) in [5, 5.41) is 2.96. The molecule has 1 amide bonds. The zero-order valence-electron chi connectivity index (χ0n) is 18.8. The van der Waals surface area contributed by atoms with Gasteiger partial charge in [0.15, 0.2) is 11.5 Å². The fourth-order valence-corrected chi connectivity index (χ4v) is 3.84. The summed E-state index contributed by atoms with van der Waals surface area (Å²) in [6.07, 6.45) is 0.425. The van der Waals surface area contributed by atoms with E-state index in [0.717, 1.165) is 37.4 Å². The molecule has 0 aliphatic carbocycles. The number of hydrogen-bond acceptors (Lipinski definition) is 6. The molecule has 1 saturated heterocycles. The molecular formula is C26H28N2O5. The fraction of sp³-hybridized carbons (Fsp3) is 0.269. The Morgan fingerprint density at radius 1 is 0.909 bits per heavy atom. The van der Waals surface area contributed by atoms with Gasteiger partial charge in [-0.05, 0) is 60.5 Å². The van der Waals surface area contributed by atoms with Crippen LogP contribution in [0.15, 0.2) is 72.8 Å². The van der Waals surface area contributed by atoms with Gasteiger partial charge >= 0.3 is 6.09 Å². The third-order valence-electron chi connectivity index (χ3n) is 5.47. The number of methoxy groups -OCH3 is 2. The number of likely N-dealkylation sites (tertiary alicyclic amines) is 1. The fourth-order valence-electron chi connectivity index (χ4n) is 3.84. The zero-order valence-corrected chi connectivity index (χ0v) is 18.8. The highest BCUT2D eigenvalue weighted by atomic mass is 16.6. The molecule has 3 aromatic carbocycles. The van der Waals surface area contributed by atoms with Crippen molar-refractivity contribution in [2.24, 2.45) is 0 Å². The van der Waals surface area contributed by atoms with Crippen LogP contribution in [0, 0.1) is 0 Å². The van der Waals surface area contributed by atoms with E-state index in [0.29, 0.717) is 23.0 Å². The van der Waals surface area contributed by atoms with Crippen molar-refractivity contribution in [3.05, 3.63) is 78.4 Å². The van der Waals surface area contributed by atoms with Crippen LogP contribution in [0.3, 0.4) is 0 Å². The Balaban J connectivity index is 1.28. The van der Waals surface area contributed by atoms with Crippen LogP contribution in [-0.4, -0.2) is 44.3 Å². The Morgan fingerprint density at radius 2 is 1.67 bits per heavy atom. The predicted molar refractivity (Wildman–Crippen MR) is 125 cm³/mol. The third-order valence-corrected chi connectivity index (χ3v) is 5.47. The number of nitrogens with zero attached hydrogens (tertiary/aromatic N) is 1. The van der Waals surface area contributed by atoms with Crippen LogP contribution in [0.1, 0.15) is 12.0 Å². The maximum absolute atomic E-state index is 12.2. The summed E-state index contributed by atoms with van der Waals surface area (Å²) in [7, 11) is 3.22. The predicted octanol–water partition coefficient (Wildman–Crippen LogP) is 4.86. The van der Waals surface area contributed by atoms with Crippen LogP contribution in [-0.2, 0) is 6.54 Å². The Kier molecular flexibility index (Phi) is 7.32. The lowest BCUT2D eigenvalue weighted by atomic mass is 10.2. The summed E-state index contributed by atoms with van der Waals surface area (Å²) in [6, 6.07) is 22.6. The molecule has 0 radical (unpaired) electrons. The van der Waals surface area contributed by atoms with Crippen LogP contribution >= 0.6 is 0 Å². The Bertz CT molecular complexity index is 1070. The number of amides is 1. The standard InChI is InChI=1S/C26H28N2O5/c1-30-21-10-12-22(13-11-21)33-26(29)27-20-14-15-28(18-20)17-19-6-5-7-23(16-19)32-25-9-4-3-8-24(25)31-2/h3-13,16,20H,14-15,17-18H2,1-2H3,(H,27,29). The number of hydrogen-bond donors (Lipinski definition) is 1. The van der Waals surface area contributed by atoms with Crippen molar-refractivity contribution >= 4 is 6.09 Å². The molecule has 1 aliphatic rings. The van der Waals surface area contributed by atoms with E-state index < -0.39 is 6.09 Å². The summed E-state index contributed by atoms with van der Waals surface area (Å²) >= 11 is 0. The first-order valence-electron chi connectivity index (χ1n) is 10.9. The van der Waals surface area contributed by atoms with E-state index in [9.17, 15) is 4.79 Å². The van der Waals surface area contributed by atoms with Gasteiger partial charge in [-0.15, -0.1) is 0 Å². The molecule has 7 heteroatoms. The van der Waals surface area contributed by atoms with Gasteiger partial charge < -0.3 is 24.3 Å². The van der Waals surface area contributed by atoms with Crippen LogP contribution in [0.25, 0.3) is 0 Å². The number of benzene rings is 3. The molecule has 1 heterocycles. The van der Waals surface area contributed by atoms with E-state index in [2.05, 4.69) is 16.3 Å². The molecule has 0 spiro atoms. The highest BCUT2D eigenvalue weighted by Crippen LogP contribution is 2.31. The maximum atomic E-state index is 12.2. The average Bonchev–Trinajstić information content (AvgIpc) is 3.26. The first-order chi connectivity index (χ1) is 16.1. The number of rotatable bonds is 8. The molecule has 0 bridgehead atoms. The van der Waals surface area contributed by atoms with E-state index in [4.69, 9.17) is 18.9 Å². The van der Waals surface area contributed by atoms with Gasteiger partial charge in [-0.25, -0.2) is 4.79 Å². The van der Waals surface area contributed by atoms with Gasteiger partial charge in [-0.1, -0.05) is 24.3 Å². The number of ether oxygens (including phenoxy) is 4. The van der Waals surface area contributed by atoms with Crippen molar-refractivity contribution in [1.82, 2.24) is 10.2 Å². The van der Waals surface area contributed by atoms with Gasteiger partial charge in [-0.3, -0.25) is 4.90 Å². The first-order valence-corrected chi connectivity index (χ1v) is 10.9. The molecule has 0 saturated carbocycles. The van der Waals surface area contributed by atoms with Crippen molar-refractivity contribution in [3.8, 4) is 28.7 Å². The third kappa shape index (κ3) is 6.17. The number of nitrogens with one attached hydrogen (secondary N) is 1. The highest BCUT2D eigenvalue weighted by Gasteiger charge is 2.24. The quantitative estimate of drug-likeness (QED) is 0.531. The molecule has 4 rings (SSSR count). The van der Waals surface area contributed by atoms with E-state index in [1.807, 2.05) is 42.5 Å². The molecule has 1 atom stereocenters. The summed E-state index contributed by atoms with van der Waals surface area (Å²) in [4.78, 5) is 14.6. The minimum atomic E-state index is -0.445. The van der Waals surface area contributed by atoms with Crippen LogP contribution < -0.4 is 24.3 Å². The SMILES string of the molecule is COc1ccc(OC(=O)NC2CCN(Cc3cccc(Oc4ccccc4OC)c3)C2)cc1. The smallest absolute Gasteiger partial charge is 0.412 e. The number of carbonyl (C=O) groups is 1. The van der Waals surface area contributed by atoms with E-state index >= 15 is 0 Å². The topological polar surface area (TPSA) is 69.3 Å². The highest BCUT2D eigenvalue weighted by molar-refractivity contribution is 5.70. The number of carbonyl (C=O) groups excluding carboxylic acids is 1. The maximum Gasteiger partial charge on any atom is 0.412 e. The van der Waals surface area contributed by atoms with Crippen molar-refractivity contribution in [2.75, 3.05) is 27.3 Å². The second-order valence-electron chi connectivity index (χ2n) is 7.83. The average molecular weight is 449 g/mol. The van der Waals surface area contributed by atoms with Gasteiger partial charge in [0.2, 0.25) is 0 Å². The summed E-state index contributed by atoms with van der Waals surface area (Å²) in [5.41, 5.74) is 1.14. The van der Waals surface area contributed by atoms with Crippen LogP contribution in [0.4, 0.5) is 4.79 Å². The van der Waals surface area contributed by atoms with Crippen molar-refractivity contribution in [3.63, 3.8) is 0 Å². The minimum absolute atomic E-state index is 0.0451. The molecule has 3 aromatic rings. The van der Waals surface area contributed by atoms with E-state index in [1.165, 1.54) is 0 Å². The molecular weight excluding hydrogens is 420 g/mol. The van der Waals surface area contributed by atoms with Crippen molar-refractivity contribution in [1.29, 1.82) is 0 Å². The minimum Gasteiger partial charge on any atom is -0.497 e. The molecule has 33 heavy (non-hydrogen) atoms. The lowest BCUT2D eigenvalue weighted by Crippen LogP contribution is -2.38. The van der Waals surface area contributed by atoms with Crippen molar-refractivity contribution in [2.45, 2.75) is 19.0 Å². The van der Waals surface area contributed by atoms with Gasteiger partial charge in [0.05, 0.1) is 14.2 Å². The molecule has 7 nitrogen and oxygen atoms in total. The second-order valence-corrected chi connectivity index (χ2v) is 7.83. The van der Waals surface area contributed by atoms with Gasteiger partial charge in [-0.2, -0.15) is 0 Å².